The highest BCUT2D eigenvalue weighted by Gasteiger charge is 2.30. The number of hydrogen-bond donors (Lipinski definition) is 1. The van der Waals surface area contributed by atoms with Crippen LogP contribution in [0.15, 0.2) is 94.2 Å². The van der Waals surface area contributed by atoms with Crippen molar-refractivity contribution in [1.29, 1.82) is 0 Å². The highest BCUT2D eigenvalue weighted by molar-refractivity contribution is 7.90. The molecule has 0 saturated heterocycles. The molecule has 7 heteroatoms. The van der Waals surface area contributed by atoms with E-state index in [1.165, 1.54) is 31.4 Å². The molecular weight excluding hydrogens is 414 g/mol. The fourth-order valence-corrected chi connectivity index (χ4v) is 4.20. The molecule has 0 radical (unpaired) electrons. The Morgan fingerprint density at radius 1 is 0.871 bits per heavy atom. The quantitative estimate of drug-likeness (QED) is 0.428. The Kier molecular flexibility index (Phi) is 6.99. The van der Waals surface area contributed by atoms with Crippen molar-refractivity contribution in [2.45, 2.75) is 17.9 Å². The maximum atomic E-state index is 13.0. The number of methoxy groups -OCH3 is 1. The smallest absolute Gasteiger partial charge is 0.282 e. The lowest BCUT2D eigenvalue weighted by molar-refractivity contribution is 0.0692. The fraction of sp³-hybridized carbons (Fsp3) is 0.167. The summed E-state index contributed by atoms with van der Waals surface area (Å²) in [6.07, 6.45) is -1.47. The average molecular weight is 438 g/mol. The van der Waals surface area contributed by atoms with E-state index in [-0.39, 0.29) is 10.6 Å². The summed E-state index contributed by atoms with van der Waals surface area (Å²) in [5.41, 5.74) is 0.951. The van der Waals surface area contributed by atoms with E-state index in [1.54, 1.807) is 67.6 Å². The molecule has 3 rings (SSSR count). The van der Waals surface area contributed by atoms with E-state index < -0.39 is 27.8 Å². The second-order valence-corrected chi connectivity index (χ2v) is 8.56. The molecule has 160 valence electrons. The van der Waals surface area contributed by atoms with E-state index in [2.05, 4.69) is 4.40 Å². The van der Waals surface area contributed by atoms with Gasteiger partial charge >= 0.3 is 0 Å². The Morgan fingerprint density at radius 3 is 1.90 bits per heavy atom. The lowest BCUT2D eigenvalue weighted by Gasteiger charge is -2.20. The summed E-state index contributed by atoms with van der Waals surface area (Å²) in [5, 5.41) is 10.8. The molecule has 0 amide bonds. The number of Topliss-reactive ketones (excluding diaryl/α,β-unsaturated/α-hetero) is 1. The van der Waals surface area contributed by atoms with E-state index in [0.29, 0.717) is 16.9 Å². The second-order valence-electron chi connectivity index (χ2n) is 6.96. The van der Waals surface area contributed by atoms with Crippen molar-refractivity contribution in [3.63, 3.8) is 0 Å². The van der Waals surface area contributed by atoms with Gasteiger partial charge in [0.25, 0.3) is 10.0 Å². The predicted octanol–water partition coefficient (Wildman–Crippen LogP) is 3.75. The molecule has 0 heterocycles. The van der Waals surface area contributed by atoms with Gasteiger partial charge in [0.2, 0.25) is 0 Å². The van der Waals surface area contributed by atoms with E-state index in [4.69, 9.17) is 4.74 Å². The third kappa shape index (κ3) is 5.25. The first-order valence-electron chi connectivity index (χ1n) is 9.65. The topological polar surface area (TPSA) is 93.0 Å². The van der Waals surface area contributed by atoms with Crippen molar-refractivity contribution in [3.05, 3.63) is 96.1 Å². The van der Waals surface area contributed by atoms with Gasteiger partial charge in [-0.15, -0.1) is 0 Å². The van der Waals surface area contributed by atoms with Crippen molar-refractivity contribution in [2.75, 3.05) is 7.11 Å². The summed E-state index contributed by atoms with van der Waals surface area (Å²) in [6, 6.07) is 22.9. The Hall–Kier alpha value is -3.29. The Balaban J connectivity index is 2.02. The van der Waals surface area contributed by atoms with Crippen molar-refractivity contribution >= 4 is 21.5 Å². The van der Waals surface area contributed by atoms with Crippen molar-refractivity contribution in [2.24, 2.45) is 10.3 Å². The molecule has 0 unspecified atom stereocenters. The van der Waals surface area contributed by atoms with Crippen molar-refractivity contribution in [3.8, 4) is 5.75 Å². The summed E-state index contributed by atoms with van der Waals surface area (Å²) >= 11 is 0. The zero-order valence-corrected chi connectivity index (χ0v) is 18.0. The van der Waals surface area contributed by atoms with E-state index in [1.807, 2.05) is 0 Å². The van der Waals surface area contributed by atoms with E-state index in [9.17, 15) is 18.3 Å². The third-order valence-electron chi connectivity index (χ3n) is 4.88. The van der Waals surface area contributed by atoms with Crippen LogP contribution in [-0.4, -0.2) is 38.2 Å². The minimum atomic E-state index is -4.09. The van der Waals surface area contributed by atoms with Crippen LogP contribution < -0.4 is 4.74 Å². The summed E-state index contributed by atoms with van der Waals surface area (Å²) in [7, 11) is -2.60. The lowest BCUT2D eigenvalue weighted by atomic mass is 9.89. The van der Waals surface area contributed by atoms with Gasteiger partial charge in [0.05, 0.1) is 17.7 Å². The average Bonchev–Trinajstić information content (AvgIpc) is 2.82. The number of ketones is 1. The standard InChI is InChI=1S/C24H23NO5S/c1-17(23(26)24(27)19-11-7-4-8-12-19)22(18-9-5-3-6-10-18)25-31(28,29)21-15-13-20(30-2)14-16-21/h3-17,23,26H,1-2H3/b25-22-/t17-,23-/m0/s1. The molecule has 3 aromatic carbocycles. The normalized spacial score (nSPS) is 14.0. The maximum Gasteiger partial charge on any atom is 0.282 e. The zero-order chi connectivity index (χ0) is 22.4. The SMILES string of the molecule is COc1ccc(S(=O)(=O)/N=C(\c2ccccc2)[C@H](C)[C@H](O)C(=O)c2ccccc2)cc1. The molecule has 0 aromatic heterocycles. The van der Waals surface area contributed by atoms with Crippen LogP contribution in [0, 0.1) is 5.92 Å². The van der Waals surface area contributed by atoms with Gasteiger partial charge in [-0.25, -0.2) is 0 Å². The van der Waals surface area contributed by atoms with Crippen molar-refractivity contribution < 1.29 is 23.1 Å². The zero-order valence-electron chi connectivity index (χ0n) is 17.2. The first kappa shape index (κ1) is 22.4. The van der Waals surface area contributed by atoms with Crippen LogP contribution in [0.3, 0.4) is 0 Å². The first-order valence-corrected chi connectivity index (χ1v) is 11.1. The van der Waals surface area contributed by atoms with Gasteiger partial charge in [-0.2, -0.15) is 12.8 Å². The summed E-state index contributed by atoms with van der Waals surface area (Å²) < 4.78 is 35.1. The van der Waals surface area contributed by atoms with Crippen LogP contribution in [0.4, 0.5) is 0 Å². The van der Waals surface area contributed by atoms with E-state index >= 15 is 0 Å². The van der Waals surface area contributed by atoms with Crippen LogP contribution in [0.25, 0.3) is 0 Å². The summed E-state index contributed by atoms with van der Waals surface area (Å²) in [5.74, 6) is -0.856. The maximum absolute atomic E-state index is 13.0. The number of aliphatic hydroxyl groups is 1. The summed E-state index contributed by atoms with van der Waals surface area (Å²) in [4.78, 5) is 12.7. The van der Waals surface area contributed by atoms with Crippen LogP contribution >= 0.6 is 0 Å². The third-order valence-corrected chi connectivity index (χ3v) is 6.18. The van der Waals surface area contributed by atoms with Gasteiger partial charge in [0, 0.05) is 11.5 Å². The Morgan fingerprint density at radius 2 is 1.39 bits per heavy atom. The minimum Gasteiger partial charge on any atom is -0.497 e. The number of sulfonamides is 1. The highest BCUT2D eigenvalue weighted by Crippen LogP contribution is 2.22. The summed E-state index contributed by atoms with van der Waals surface area (Å²) in [6.45, 7) is 1.58. The predicted molar refractivity (Wildman–Crippen MR) is 119 cm³/mol. The van der Waals surface area contributed by atoms with Gasteiger partial charge in [0.15, 0.2) is 5.78 Å². The van der Waals surface area contributed by atoms with Crippen molar-refractivity contribution in [1.82, 2.24) is 0 Å². The fourth-order valence-electron chi connectivity index (χ4n) is 3.09. The van der Waals surface area contributed by atoms with Crippen LogP contribution in [-0.2, 0) is 10.0 Å². The molecule has 0 aliphatic rings. The largest absolute Gasteiger partial charge is 0.497 e. The highest BCUT2D eigenvalue weighted by atomic mass is 32.2. The Bertz CT molecular complexity index is 1160. The first-order chi connectivity index (χ1) is 14.8. The molecule has 1 N–H and O–H groups in total. The molecule has 3 aromatic rings. The van der Waals surface area contributed by atoms with E-state index in [0.717, 1.165) is 0 Å². The molecule has 0 spiro atoms. The monoisotopic (exact) mass is 437 g/mol. The number of rotatable bonds is 8. The number of nitrogens with zero attached hydrogens (tertiary/aromatic N) is 1. The van der Waals surface area contributed by atoms with Gasteiger partial charge in [-0.05, 0) is 29.8 Å². The van der Waals surface area contributed by atoms with Crippen LogP contribution in [0.2, 0.25) is 0 Å². The molecule has 0 saturated carbocycles. The van der Waals surface area contributed by atoms with Gasteiger partial charge in [-0.1, -0.05) is 67.6 Å². The van der Waals surface area contributed by atoms with Crippen LogP contribution in [0.1, 0.15) is 22.8 Å². The molecular formula is C24H23NO5S. The van der Waals surface area contributed by atoms with Gasteiger partial charge < -0.3 is 9.84 Å². The number of ether oxygens (including phenoxy) is 1. The molecule has 0 fully saturated rings. The molecule has 6 nitrogen and oxygen atoms in total. The molecule has 0 aliphatic carbocycles. The minimum absolute atomic E-state index is 0.0159. The number of carbonyl (C=O) groups is 1. The number of hydrogen-bond acceptors (Lipinski definition) is 5. The van der Waals surface area contributed by atoms with Gasteiger partial charge in [-0.3, -0.25) is 4.79 Å². The lowest BCUT2D eigenvalue weighted by Crippen LogP contribution is -2.34. The molecule has 0 aliphatic heterocycles. The number of aliphatic hydroxyl groups excluding tert-OH is 1. The molecule has 0 bridgehead atoms. The molecule has 31 heavy (non-hydrogen) atoms. The number of benzene rings is 3. The molecule has 2 atom stereocenters. The number of carbonyl (C=O) groups excluding carboxylic acids is 1. The van der Waals surface area contributed by atoms with Crippen LogP contribution in [0.5, 0.6) is 5.75 Å². The Labute approximate surface area is 181 Å². The van der Waals surface area contributed by atoms with Gasteiger partial charge in [0.1, 0.15) is 11.9 Å². The second kappa shape index (κ2) is 9.68.